The van der Waals surface area contributed by atoms with E-state index in [1.165, 1.54) is 17.0 Å². The summed E-state index contributed by atoms with van der Waals surface area (Å²) in [6, 6.07) is 11.4. The van der Waals surface area contributed by atoms with Crippen LogP contribution in [0.15, 0.2) is 47.3 Å². The van der Waals surface area contributed by atoms with Crippen molar-refractivity contribution < 1.29 is 9.18 Å². The van der Waals surface area contributed by atoms with E-state index in [1.807, 2.05) is 51.0 Å². The van der Waals surface area contributed by atoms with E-state index in [2.05, 4.69) is 10.3 Å². The van der Waals surface area contributed by atoms with Crippen molar-refractivity contribution in [2.24, 2.45) is 0 Å². The molecule has 0 unspecified atom stereocenters. The van der Waals surface area contributed by atoms with E-state index >= 15 is 0 Å². The van der Waals surface area contributed by atoms with Crippen molar-refractivity contribution in [2.45, 2.75) is 20.4 Å². The third-order valence-corrected chi connectivity index (χ3v) is 5.10. The van der Waals surface area contributed by atoms with Gasteiger partial charge in [-0.1, -0.05) is 24.3 Å². The Bertz CT molecular complexity index is 1120. The zero-order valence-electron chi connectivity index (χ0n) is 17.8. The third-order valence-electron chi connectivity index (χ3n) is 5.10. The number of pyridine rings is 1. The van der Waals surface area contributed by atoms with Crippen molar-refractivity contribution >= 4 is 22.6 Å². The molecular formula is C23H27FN4O2. The van der Waals surface area contributed by atoms with E-state index in [-0.39, 0.29) is 17.8 Å². The highest BCUT2D eigenvalue weighted by Gasteiger charge is 2.18. The van der Waals surface area contributed by atoms with Gasteiger partial charge in [0.1, 0.15) is 5.82 Å². The first-order valence-electron chi connectivity index (χ1n) is 9.83. The lowest BCUT2D eigenvalue weighted by Crippen LogP contribution is -2.40. The predicted octanol–water partition coefficient (Wildman–Crippen LogP) is 3.88. The molecule has 0 spiro atoms. The molecule has 0 atom stereocenters. The Hall–Kier alpha value is -3.19. The van der Waals surface area contributed by atoms with Crippen LogP contribution in [0.5, 0.6) is 0 Å². The van der Waals surface area contributed by atoms with Crippen molar-refractivity contribution in [3.05, 3.63) is 75.3 Å². The van der Waals surface area contributed by atoms with E-state index in [9.17, 15) is 14.0 Å². The van der Waals surface area contributed by atoms with Crippen LogP contribution in [0.2, 0.25) is 0 Å². The summed E-state index contributed by atoms with van der Waals surface area (Å²) in [5.41, 5.74) is 3.20. The number of amides is 2. The zero-order valence-corrected chi connectivity index (χ0v) is 17.8. The maximum absolute atomic E-state index is 14.0. The maximum atomic E-state index is 14.0. The number of nitrogens with one attached hydrogen (secondary N) is 2. The van der Waals surface area contributed by atoms with Gasteiger partial charge in [0.25, 0.3) is 5.56 Å². The van der Waals surface area contributed by atoms with Crippen molar-refractivity contribution in [2.75, 3.05) is 32.5 Å². The molecule has 0 fully saturated rings. The Morgan fingerprint density at radius 1 is 1.07 bits per heavy atom. The molecule has 1 aromatic heterocycles. The smallest absolute Gasteiger partial charge is 0.321 e. The molecule has 0 radical (unpaired) electrons. The van der Waals surface area contributed by atoms with Crippen LogP contribution in [0.4, 0.5) is 14.9 Å². The summed E-state index contributed by atoms with van der Waals surface area (Å²) in [5, 5.41) is 3.56. The van der Waals surface area contributed by atoms with Crippen molar-refractivity contribution in [1.29, 1.82) is 0 Å². The Kier molecular flexibility index (Phi) is 6.52. The van der Waals surface area contributed by atoms with Crippen LogP contribution < -0.4 is 10.9 Å². The number of aryl methyl sites for hydroxylation is 2. The summed E-state index contributed by atoms with van der Waals surface area (Å²) in [6.45, 7) is 5.04. The molecule has 0 aliphatic carbocycles. The highest BCUT2D eigenvalue weighted by atomic mass is 19.1. The first-order valence-corrected chi connectivity index (χ1v) is 9.83. The fourth-order valence-electron chi connectivity index (χ4n) is 3.27. The average Bonchev–Trinajstić information content (AvgIpc) is 2.70. The van der Waals surface area contributed by atoms with Gasteiger partial charge in [0.2, 0.25) is 0 Å². The van der Waals surface area contributed by atoms with Crippen LogP contribution >= 0.6 is 0 Å². The number of aromatic nitrogens is 1. The molecule has 2 aromatic carbocycles. The maximum Gasteiger partial charge on any atom is 0.322 e. The van der Waals surface area contributed by atoms with Crippen molar-refractivity contribution in [3.63, 3.8) is 0 Å². The molecule has 0 saturated heterocycles. The fourth-order valence-corrected chi connectivity index (χ4v) is 3.27. The lowest BCUT2D eigenvalue weighted by molar-refractivity contribution is 0.202. The van der Waals surface area contributed by atoms with Gasteiger partial charge in [-0.05, 0) is 57.3 Å². The number of benzene rings is 2. The summed E-state index contributed by atoms with van der Waals surface area (Å²) in [7, 11) is 3.81. The highest BCUT2D eigenvalue weighted by Crippen LogP contribution is 2.20. The van der Waals surface area contributed by atoms with E-state index in [0.717, 1.165) is 22.0 Å². The number of H-pyrrole nitrogens is 1. The first kappa shape index (κ1) is 21.5. The SMILES string of the molecule is Cc1ccc(C)c2[nH]c(=O)c(CN(CCN(C)C)C(=O)Nc3ccccc3F)cc12. The summed E-state index contributed by atoms with van der Waals surface area (Å²) >= 11 is 0. The number of halogens is 1. The molecular weight excluding hydrogens is 383 g/mol. The lowest BCUT2D eigenvalue weighted by atomic mass is 10.0. The van der Waals surface area contributed by atoms with Gasteiger partial charge in [0.05, 0.1) is 17.7 Å². The van der Waals surface area contributed by atoms with Crippen LogP contribution in [-0.4, -0.2) is 48.0 Å². The number of hydrogen-bond acceptors (Lipinski definition) is 3. The second-order valence-corrected chi connectivity index (χ2v) is 7.75. The molecule has 158 valence electrons. The molecule has 0 bridgehead atoms. The van der Waals surface area contributed by atoms with Crippen LogP contribution in [0.25, 0.3) is 10.9 Å². The van der Waals surface area contributed by atoms with Gasteiger partial charge < -0.3 is 20.1 Å². The minimum absolute atomic E-state index is 0.108. The average molecular weight is 410 g/mol. The van der Waals surface area contributed by atoms with E-state index < -0.39 is 11.8 Å². The Morgan fingerprint density at radius 2 is 1.77 bits per heavy atom. The second kappa shape index (κ2) is 9.09. The highest BCUT2D eigenvalue weighted by molar-refractivity contribution is 5.89. The van der Waals surface area contributed by atoms with Gasteiger partial charge in [-0.25, -0.2) is 9.18 Å². The number of nitrogens with zero attached hydrogens (tertiary/aromatic N) is 2. The predicted molar refractivity (Wildman–Crippen MR) is 118 cm³/mol. The number of anilines is 1. The van der Waals surface area contributed by atoms with Crippen LogP contribution in [0.1, 0.15) is 16.7 Å². The number of likely N-dealkylation sites (N-methyl/N-ethyl adjacent to an activating group) is 1. The van der Waals surface area contributed by atoms with Crippen LogP contribution in [0, 0.1) is 19.7 Å². The summed E-state index contributed by atoms with van der Waals surface area (Å²) in [6.07, 6.45) is 0. The minimum atomic E-state index is -0.506. The number of carbonyl (C=O) groups excluding carboxylic acids is 1. The molecule has 6 nitrogen and oxygen atoms in total. The minimum Gasteiger partial charge on any atom is -0.321 e. The van der Waals surface area contributed by atoms with Gasteiger partial charge in [-0.2, -0.15) is 0 Å². The normalized spacial score (nSPS) is 11.1. The second-order valence-electron chi connectivity index (χ2n) is 7.75. The van der Waals surface area contributed by atoms with Gasteiger partial charge in [-0.3, -0.25) is 4.79 Å². The summed E-state index contributed by atoms with van der Waals surface area (Å²) < 4.78 is 14.0. The largest absolute Gasteiger partial charge is 0.322 e. The van der Waals surface area contributed by atoms with Gasteiger partial charge in [0, 0.05) is 24.0 Å². The Morgan fingerprint density at radius 3 is 2.47 bits per heavy atom. The molecule has 1 heterocycles. The number of urea groups is 1. The van der Waals surface area contributed by atoms with Gasteiger partial charge in [0.15, 0.2) is 0 Å². The fraction of sp³-hybridized carbons (Fsp3) is 0.304. The van der Waals surface area contributed by atoms with Crippen LogP contribution in [-0.2, 0) is 6.54 Å². The van der Waals surface area contributed by atoms with Crippen molar-refractivity contribution in [1.82, 2.24) is 14.8 Å². The third kappa shape index (κ3) is 4.86. The molecule has 3 rings (SSSR count). The molecule has 2 N–H and O–H groups in total. The number of carbonyl (C=O) groups is 1. The van der Waals surface area contributed by atoms with E-state index in [1.54, 1.807) is 12.1 Å². The molecule has 30 heavy (non-hydrogen) atoms. The van der Waals surface area contributed by atoms with Crippen molar-refractivity contribution in [3.8, 4) is 0 Å². The summed E-state index contributed by atoms with van der Waals surface area (Å²) in [4.78, 5) is 32.0. The zero-order chi connectivity index (χ0) is 21.8. The van der Waals surface area contributed by atoms with Gasteiger partial charge >= 0.3 is 6.03 Å². The number of fused-ring (bicyclic) bond motifs is 1. The number of aromatic amines is 1. The number of hydrogen-bond donors (Lipinski definition) is 2. The molecule has 0 saturated carbocycles. The number of rotatable bonds is 6. The van der Waals surface area contributed by atoms with E-state index in [4.69, 9.17) is 0 Å². The first-order chi connectivity index (χ1) is 14.3. The monoisotopic (exact) mass is 410 g/mol. The molecule has 0 aliphatic heterocycles. The Labute approximate surface area is 175 Å². The van der Waals surface area contributed by atoms with Gasteiger partial charge in [-0.15, -0.1) is 0 Å². The molecule has 7 heteroatoms. The Balaban J connectivity index is 1.92. The van der Waals surface area contributed by atoms with Crippen LogP contribution in [0.3, 0.4) is 0 Å². The molecule has 3 aromatic rings. The molecule has 0 aliphatic rings. The quantitative estimate of drug-likeness (QED) is 0.648. The number of para-hydroxylation sites is 1. The lowest BCUT2D eigenvalue weighted by Gasteiger charge is -2.25. The molecule has 2 amide bonds. The topological polar surface area (TPSA) is 68.4 Å². The van der Waals surface area contributed by atoms with E-state index in [0.29, 0.717) is 18.7 Å². The standard InChI is InChI=1S/C23H27FN4O2/c1-15-9-10-16(2)21-18(15)13-17(22(29)26-21)14-28(12-11-27(3)4)23(30)25-20-8-6-5-7-19(20)24/h5-10,13H,11-12,14H2,1-4H3,(H,25,30)(H,26,29). The summed E-state index contributed by atoms with van der Waals surface area (Å²) in [5.74, 6) is -0.506.